The minimum atomic E-state index is -0.699. The van der Waals surface area contributed by atoms with Crippen molar-refractivity contribution in [3.05, 3.63) is 17.6 Å². The van der Waals surface area contributed by atoms with E-state index in [4.69, 9.17) is 5.73 Å². The molecule has 2 heterocycles. The van der Waals surface area contributed by atoms with Gasteiger partial charge >= 0.3 is 6.03 Å². The van der Waals surface area contributed by atoms with Gasteiger partial charge < -0.3 is 5.73 Å². The van der Waals surface area contributed by atoms with E-state index in [1.54, 1.807) is 0 Å². The van der Waals surface area contributed by atoms with Gasteiger partial charge in [0.05, 0.1) is 5.69 Å². The number of hydrogen-bond acceptors (Lipinski definition) is 5. The summed E-state index contributed by atoms with van der Waals surface area (Å²) < 4.78 is 13.6. The highest BCUT2D eigenvalue weighted by atomic mass is 19.1. The van der Waals surface area contributed by atoms with Gasteiger partial charge in [0.15, 0.2) is 11.6 Å². The second-order valence-corrected chi connectivity index (χ2v) is 3.47. The quantitative estimate of drug-likeness (QED) is 0.725. The molecule has 1 aromatic rings. The van der Waals surface area contributed by atoms with Crippen molar-refractivity contribution in [2.75, 3.05) is 11.4 Å². The highest BCUT2D eigenvalue weighted by Crippen LogP contribution is 2.17. The summed E-state index contributed by atoms with van der Waals surface area (Å²) in [6.45, 7) is 0.146. The highest BCUT2D eigenvalue weighted by molar-refractivity contribution is 6.05. The van der Waals surface area contributed by atoms with Crippen molar-refractivity contribution in [3.8, 4) is 0 Å². The number of hydrogen-bond donors (Lipinski definition) is 2. The third-order valence-corrected chi connectivity index (χ3v) is 2.30. The molecular weight excluding hydrogens is 229 g/mol. The first kappa shape index (κ1) is 11.4. The smallest absolute Gasteiger partial charge is 0.325 e. The van der Waals surface area contributed by atoms with Crippen molar-refractivity contribution in [2.45, 2.75) is 13.0 Å². The van der Waals surface area contributed by atoms with E-state index in [0.717, 1.165) is 11.0 Å². The Morgan fingerprint density at radius 1 is 1.47 bits per heavy atom. The number of carbonyl (C=O) groups excluding carboxylic acids is 2. The summed E-state index contributed by atoms with van der Waals surface area (Å²) in [5, 5.41) is 9.33. The van der Waals surface area contributed by atoms with Gasteiger partial charge in [-0.2, -0.15) is 5.10 Å². The fourth-order valence-electron chi connectivity index (χ4n) is 1.45. The third kappa shape index (κ3) is 2.21. The van der Waals surface area contributed by atoms with Crippen LogP contribution in [0.1, 0.15) is 12.1 Å². The van der Waals surface area contributed by atoms with Crippen LogP contribution in [0, 0.1) is 5.82 Å². The molecule has 1 saturated heterocycles. The molecule has 90 valence electrons. The number of imide groups is 1. The van der Waals surface area contributed by atoms with Crippen molar-refractivity contribution in [3.63, 3.8) is 0 Å². The third-order valence-electron chi connectivity index (χ3n) is 2.30. The van der Waals surface area contributed by atoms with Gasteiger partial charge in [-0.25, -0.2) is 9.18 Å². The molecular formula is C9H10FN5O2. The summed E-state index contributed by atoms with van der Waals surface area (Å²) in [6, 6.07) is 0.418. The normalized spacial score (nSPS) is 16.0. The molecule has 17 heavy (non-hydrogen) atoms. The van der Waals surface area contributed by atoms with E-state index in [2.05, 4.69) is 15.5 Å². The van der Waals surface area contributed by atoms with E-state index in [9.17, 15) is 14.0 Å². The van der Waals surface area contributed by atoms with Gasteiger partial charge in [0.25, 0.3) is 0 Å². The lowest BCUT2D eigenvalue weighted by molar-refractivity contribution is -0.120. The molecule has 1 fully saturated rings. The molecule has 0 radical (unpaired) electrons. The molecule has 1 aromatic heterocycles. The topological polar surface area (TPSA) is 101 Å². The van der Waals surface area contributed by atoms with Gasteiger partial charge in [0.1, 0.15) is 0 Å². The Balaban J connectivity index is 2.28. The van der Waals surface area contributed by atoms with Crippen LogP contribution in [-0.4, -0.2) is 28.7 Å². The molecule has 8 heteroatoms. The lowest BCUT2D eigenvalue weighted by Crippen LogP contribution is -2.50. The Morgan fingerprint density at radius 3 is 2.82 bits per heavy atom. The van der Waals surface area contributed by atoms with Crippen LogP contribution >= 0.6 is 0 Å². The fraction of sp³-hybridized carbons (Fsp3) is 0.333. The molecule has 0 atom stereocenters. The molecule has 0 aromatic carbocycles. The van der Waals surface area contributed by atoms with Gasteiger partial charge in [-0.3, -0.25) is 15.0 Å². The van der Waals surface area contributed by atoms with Crippen LogP contribution in [0.5, 0.6) is 0 Å². The van der Waals surface area contributed by atoms with Crippen LogP contribution in [0.3, 0.4) is 0 Å². The second-order valence-electron chi connectivity index (χ2n) is 3.47. The van der Waals surface area contributed by atoms with Gasteiger partial charge in [-0.1, -0.05) is 0 Å². The van der Waals surface area contributed by atoms with E-state index >= 15 is 0 Å². The average molecular weight is 239 g/mol. The summed E-state index contributed by atoms with van der Waals surface area (Å²) in [5.74, 6) is -1.28. The van der Waals surface area contributed by atoms with Crippen LogP contribution in [0.2, 0.25) is 0 Å². The van der Waals surface area contributed by atoms with E-state index in [-0.39, 0.29) is 25.3 Å². The minimum absolute atomic E-state index is 0.0644. The number of halogens is 1. The number of anilines is 1. The summed E-state index contributed by atoms with van der Waals surface area (Å²) >= 11 is 0. The number of carbonyl (C=O) groups is 2. The van der Waals surface area contributed by atoms with E-state index in [1.807, 2.05) is 0 Å². The first-order chi connectivity index (χ1) is 8.11. The van der Waals surface area contributed by atoms with E-state index in [1.165, 1.54) is 0 Å². The number of amides is 3. The van der Waals surface area contributed by atoms with Crippen molar-refractivity contribution < 1.29 is 14.0 Å². The number of urea groups is 1. The number of rotatable bonds is 2. The molecule has 0 aliphatic carbocycles. The zero-order valence-corrected chi connectivity index (χ0v) is 8.81. The zero-order valence-electron chi connectivity index (χ0n) is 8.81. The number of nitrogens with zero attached hydrogens (tertiary/aromatic N) is 3. The Morgan fingerprint density at radius 2 is 2.24 bits per heavy atom. The Labute approximate surface area is 95.8 Å². The summed E-state index contributed by atoms with van der Waals surface area (Å²) in [4.78, 5) is 23.4. The minimum Gasteiger partial charge on any atom is -0.325 e. The molecule has 1 aliphatic heterocycles. The summed E-state index contributed by atoms with van der Waals surface area (Å²) in [6.07, 6.45) is 0.103. The van der Waals surface area contributed by atoms with E-state index in [0.29, 0.717) is 5.69 Å². The molecule has 3 N–H and O–H groups in total. The van der Waals surface area contributed by atoms with Gasteiger partial charge in [-0.05, 0) is 0 Å². The molecule has 2 rings (SSSR count). The number of nitrogens with two attached hydrogens (primary N) is 1. The number of nitrogens with one attached hydrogen (secondary N) is 1. The first-order valence-electron chi connectivity index (χ1n) is 4.95. The molecule has 0 spiro atoms. The van der Waals surface area contributed by atoms with Crippen LogP contribution < -0.4 is 16.0 Å². The largest absolute Gasteiger partial charge is 0.329 e. The molecule has 0 unspecified atom stereocenters. The fourth-order valence-corrected chi connectivity index (χ4v) is 1.45. The monoisotopic (exact) mass is 239 g/mol. The average Bonchev–Trinajstić information content (AvgIpc) is 2.30. The maximum absolute atomic E-state index is 13.6. The van der Waals surface area contributed by atoms with Crippen molar-refractivity contribution in [2.24, 2.45) is 5.73 Å². The maximum atomic E-state index is 13.6. The first-order valence-corrected chi connectivity index (χ1v) is 4.95. The standard InChI is InChI=1S/C9H10FN5O2/c10-6-3-5(4-11)13-14-8(6)15-2-1-7(16)12-9(15)17/h3H,1-2,4,11H2,(H,12,16,17). The molecule has 1 aliphatic rings. The Hall–Kier alpha value is -2.09. The van der Waals surface area contributed by atoms with E-state index < -0.39 is 17.8 Å². The molecule has 0 bridgehead atoms. The molecule has 3 amide bonds. The van der Waals surface area contributed by atoms with Gasteiger partial charge in [0.2, 0.25) is 5.91 Å². The summed E-state index contributed by atoms with van der Waals surface area (Å²) in [5.41, 5.74) is 5.58. The molecule has 0 saturated carbocycles. The predicted molar refractivity (Wildman–Crippen MR) is 55.4 cm³/mol. The van der Waals surface area contributed by atoms with Crippen molar-refractivity contribution >= 4 is 17.8 Å². The molecule has 7 nitrogen and oxygen atoms in total. The van der Waals surface area contributed by atoms with Crippen LogP contribution in [-0.2, 0) is 11.3 Å². The predicted octanol–water partition coefficient (Wildman–Crippen LogP) is -0.479. The summed E-state index contributed by atoms with van der Waals surface area (Å²) in [7, 11) is 0. The van der Waals surface area contributed by atoms with Crippen molar-refractivity contribution in [1.29, 1.82) is 0 Å². The maximum Gasteiger partial charge on any atom is 0.329 e. The van der Waals surface area contributed by atoms with Gasteiger partial charge in [0, 0.05) is 25.6 Å². The van der Waals surface area contributed by atoms with Crippen LogP contribution in [0.25, 0.3) is 0 Å². The SMILES string of the molecule is NCc1cc(F)c(N2CCC(=O)NC2=O)nn1. The highest BCUT2D eigenvalue weighted by Gasteiger charge is 2.27. The zero-order chi connectivity index (χ0) is 12.4. The van der Waals surface area contributed by atoms with Crippen LogP contribution in [0.15, 0.2) is 6.07 Å². The Bertz CT molecular complexity index is 478. The van der Waals surface area contributed by atoms with Crippen LogP contribution in [0.4, 0.5) is 15.0 Å². The Kier molecular flexibility index (Phi) is 2.96. The van der Waals surface area contributed by atoms with Gasteiger partial charge in [-0.15, -0.1) is 5.10 Å². The number of aromatic nitrogens is 2. The lowest BCUT2D eigenvalue weighted by atomic mass is 10.3. The van der Waals surface area contributed by atoms with Crippen molar-refractivity contribution in [1.82, 2.24) is 15.5 Å². The lowest BCUT2D eigenvalue weighted by Gasteiger charge is -2.25. The second kappa shape index (κ2) is 4.42.